The van der Waals surface area contributed by atoms with Gasteiger partial charge in [0.25, 0.3) is 0 Å². The maximum Gasteiger partial charge on any atom is 0.412 e. The highest BCUT2D eigenvalue weighted by molar-refractivity contribution is 9.10. The van der Waals surface area contributed by atoms with Crippen LogP contribution in [-0.2, 0) is 11.3 Å². The summed E-state index contributed by atoms with van der Waals surface area (Å²) in [5, 5.41) is 4.41. The molecule has 7 heteroatoms. The third-order valence-electron chi connectivity index (χ3n) is 3.06. The van der Waals surface area contributed by atoms with Crippen LogP contribution in [0.25, 0.3) is 11.0 Å². The molecule has 0 aliphatic heterocycles. The lowest BCUT2D eigenvalue weighted by molar-refractivity contribution is 0.155. The van der Waals surface area contributed by atoms with Crippen molar-refractivity contribution < 1.29 is 13.9 Å². The first-order chi connectivity index (χ1) is 11.0. The van der Waals surface area contributed by atoms with Crippen molar-refractivity contribution in [1.82, 2.24) is 0 Å². The van der Waals surface area contributed by atoms with E-state index < -0.39 is 6.09 Å². The van der Waals surface area contributed by atoms with Crippen LogP contribution in [0.15, 0.2) is 51.6 Å². The van der Waals surface area contributed by atoms with Gasteiger partial charge in [0.15, 0.2) is 0 Å². The van der Waals surface area contributed by atoms with Gasteiger partial charge in [0.05, 0.1) is 5.69 Å². The Morgan fingerprint density at radius 1 is 1.17 bits per heavy atom. The monoisotopic (exact) mass is 413 g/mol. The fraction of sp³-hybridized carbons (Fsp3) is 0.0625. The van der Waals surface area contributed by atoms with E-state index in [0.717, 1.165) is 9.86 Å². The van der Waals surface area contributed by atoms with Crippen LogP contribution >= 0.6 is 39.1 Å². The molecule has 2 aromatic carbocycles. The zero-order chi connectivity index (χ0) is 16.4. The van der Waals surface area contributed by atoms with E-state index in [1.165, 1.54) is 6.26 Å². The highest BCUT2D eigenvalue weighted by atomic mass is 79.9. The van der Waals surface area contributed by atoms with Gasteiger partial charge >= 0.3 is 6.09 Å². The molecule has 0 spiro atoms. The average molecular weight is 415 g/mol. The lowest BCUT2D eigenvalue weighted by atomic mass is 10.2. The molecule has 1 amide bonds. The molecule has 1 aromatic heterocycles. The minimum absolute atomic E-state index is 0.0611. The molecule has 1 heterocycles. The number of anilines is 1. The Bertz CT molecular complexity index is 859. The van der Waals surface area contributed by atoms with E-state index in [0.29, 0.717) is 26.9 Å². The molecule has 4 nitrogen and oxygen atoms in total. The first-order valence-electron chi connectivity index (χ1n) is 6.57. The van der Waals surface area contributed by atoms with Crippen molar-refractivity contribution in [2.75, 3.05) is 5.32 Å². The summed E-state index contributed by atoms with van der Waals surface area (Å²) in [6, 6.07) is 10.5. The summed E-state index contributed by atoms with van der Waals surface area (Å²) in [4.78, 5) is 11.9. The number of carbonyl (C=O) groups excluding carboxylic acids is 1. The number of furan rings is 1. The number of amides is 1. The highest BCUT2D eigenvalue weighted by Crippen LogP contribution is 2.28. The van der Waals surface area contributed by atoms with Crippen molar-refractivity contribution >= 4 is 61.9 Å². The minimum atomic E-state index is -0.594. The summed E-state index contributed by atoms with van der Waals surface area (Å²) in [5.41, 5.74) is 1.91. The molecule has 23 heavy (non-hydrogen) atoms. The van der Waals surface area contributed by atoms with Crippen molar-refractivity contribution in [3.63, 3.8) is 0 Å². The number of carbonyl (C=O) groups is 1. The fourth-order valence-electron chi connectivity index (χ4n) is 2.09. The average Bonchev–Trinajstić information content (AvgIpc) is 2.86. The quantitative estimate of drug-likeness (QED) is 0.550. The molecule has 0 radical (unpaired) electrons. The smallest absolute Gasteiger partial charge is 0.412 e. The number of halogens is 3. The van der Waals surface area contributed by atoms with Gasteiger partial charge < -0.3 is 9.15 Å². The van der Waals surface area contributed by atoms with Gasteiger partial charge in [0.2, 0.25) is 0 Å². The Morgan fingerprint density at radius 3 is 2.65 bits per heavy atom. The lowest BCUT2D eigenvalue weighted by Crippen LogP contribution is -2.13. The van der Waals surface area contributed by atoms with Gasteiger partial charge in [-0.15, -0.1) is 0 Å². The van der Waals surface area contributed by atoms with Crippen molar-refractivity contribution in [3.05, 3.63) is 62.7 Å². The Kier molecular flexibility index (Phi) is 4.80. The molecule has 1 N–H and O–H groups in total. The Labute approximate surface area is 150 Å². The van der Waals surface area contributed by atoms with Crippen molar-refractivity contribution in [1.29, 1.82) is 0 Å². The van der Waals surface area contributed by atoms with Crippen LogP contribution in [0, 0.1) is 0 Å². The predicted octanol–water partition coefficient (Wildman–Crippen LogP) is 6.25. The summed E-state index contributed by atoms with van der Waals surface area (Å²) in [6.45, 7) is 0.0611. The van der Waals surface area contributed by atoms with E-state index in [2.05, 4.69) is 21.2 Å². The molecule has 3 rings (SSSR count). The molecule has 0 atom stereocenters. The van der Waals surface area contributed by atoms with Crippen molar-refractivity contribution in [2.45, 2.75) is 6.61 Å². The van der Waals surface area contributed by atoms with Crippen molar-refractivity contribution in [3.8, 4) is 0 Å². The third kappa shape index (κ3) is 3.99. The lowest BCUT2D eigenvalue weighted by Gasteiger charge is -2.07. The molecule has 0 aliphatic carbocycles. The van der Waals surface area contributed by atoms with E-state index in [1.54, 1.807) is 18.2 Å². The Hall–Kier alpha value is -1.69. The van der Waals surface area contributed by atoms with Gasteiger partial charge in [-0.05, 0) is 42.0 Å². The van der Waals surface area contributed by atoms with Crippen LogP contribution in [0.3, 0.4) is 0 Å². The van der Waals surface area contributed by atoms with E-state index in [-0.39, 0.29) is 6.61 Å². The van der Waals surface area contributed by atoms with Gasteiger partial charge in [-0.2, -0.15) is 0 Å². The maximum absolute atomic E-state index is 11.9. The molecule has 0 aliphatic rings. The molecule has 118 valence electrons. The number of hydrogen-bond acceptors (Lipinski definition) is 3. The van der Waals surface area contributed by atoms with Gasteiger partial charge in [-0.25, -0.2) is 4.79 Å². The summed E-state index contributed by atoms with van der Waals surface area (Å²) >= 11 is 15.2. The molecule has 3 aromatic rings. The van der Waals surface area contributed by atoms with Crippen LogP contribution in [0.5, 0.6) is 0 Å². The molecule has 0 saturated heterocycles. The van der Waals surface area contributed by atoms with E-state index >= 15 is 0 Å². The van der Waals surface area contributed by atoms with Crippen LogP contribution in [0.4, 0.5) is 10.5 Å². The summed E-state index contributed by atoms with van der Waals surface area (Å²) in [5.74, 6) is 0. The zero-order valence-corrected chi connectivity index (χ0v) is 14.7. The van der Waals surface area contributed by atoms with Crippen LogP contribution in [-0.4, -0.2) is 6.09 Å². The van der Waals surface area contributed by atoms with Gasteiger partial charge in [0.1, 0.15) is 18.5 Å². The zero-order valence-electron chi connectivity index (χ0n) is 11.6. The fourth-order valence-corrected chi connectivity index (χ4v) is 3.02. The third-order valence-corrected chi connectivity index (χ3v) is 3.99. The first-order valence-corrected chi connectivity index (χ1v) is 8.11. The number of nitrogens with one attached hydrogen (secondary N) is 1. The topological polar surface area (TPSA) is 51.5 Å². The molecule has 0 saturated carbocycles. The Morgan fingerprint density at radius 2 is 1.91 bits per heavy atom. The van der Waals surface area contributed by atoms with Crippen molar-refractivity contribution in [2.24, 2.45) is 0 Å². The standard InChI is InChI=1S/C16H10BrCl2NO3/c17-10-1-2-15-13(5-10)14(8-22-15)20-16(21)23-7-9-3-11(18)6-12(19)4-9/h1-6,8H,7H2,(H,20,21). The SMILES string of the molecule is O=C(Nc1coc2ccc(Br)cc12)OCc1cc(Cl)cc(Cl)c1. The summed E-state index contributed by atoms with van der Waals surface area (Å²) in [7, 11) is 0. The first kappa shape index (κ1) is 16.2. The van der Waals surface area contributed by atoms with Gasteiger partial charge in [-0.1, -0.05) is 39.1 Å². The molecular formula is C16H10BrCl2NO3. The number of fused-ring (bicyclic) bond motifs is 1. The number of hydrogen-bond donors (Lipinski definition) is 1. The highest BCUT2D eigenvalue weighted by Gasteiger charge is 2.11. The number of rotatable bonds is 3. The second kappa shape index (κ2) is 6.83. The molecular weight excluding hydrogens is 405 g/mol. The molecule has 0 fully saturated rings. The maximum atomic E-state index is 11.9. The van der Waals surface area contributed by atoms with Gasteiger partial charge in [0, 0.05) is 19.9 Å². The predicted molar refractivity (Wildman–Crippen MR) is 94.2 cm³/mol. The largest absolute Gasteiger partial charge is 0.462 e. The Balaban J connectivity index is 1.68. The second-order valence-electron chi connectivity index (χ2n) is 4.77. The number of benzene rings is 2. The molecule has 0 unspecified atom stereocenters. The van der Waals surface area contributed by atoms with E-state index in [1.807, 2.05) is 18.2 Å². The second-order valence-corrected chi connectivity index (χ2v) is 6.56. The van der Waals surface area contributed by atoms with Crippen LogP contribution < -0.4 is 5.32 Å². The van der Waals surface area contributed by atoms with E-state index in [4.69, 9.17) is 32.4 Å². The summed E-state index contributed by atoms with van der Waals surface area (Å²) in [6.07, 6.45) is 0.873. The van der Waals surface area contributed by atoms with Crippen LogP contribution in [0.2, 0.25) is 10.0 Å². The van der Waals surface area contributed by atoms with Gasteiger partial charge in [-0.3, -0.25) is 5.32 Å². The van der Waals surface area contributed by atoms with Crippen LogP contribution in [0.1, 0.15) is 5.56 Å². The van der Waals surface area contributed by atoms with E-state index in [9.17, 15) is 4.79 Å². The minimum Gasteiger partial charge on any atom is -0.462 e. The normalized spacial score (nSPS) is 10.7. The molecule has 0 bridgehead atoms. The summed E-state index contributed by atoms with van der Waals surface area (Å²) < 4.78 is 11.4. The number of ether oxygens (including phenoxy) is 1.